The normalized spacial score (nSPS) is 10.9. The number of aryl methyl sites for hydroxylation is 1. The van der Waals surface area contributed by atoms with Crippen molar-refractivity contribution < 1.29 is 18.0 Å². The second kappa shape index (κ2) is 9.34. The number of halogens is 3. The Morgan fingerprint density at radius 1 is 1.12 bits per heavy atom. The van der Waals surface area contributed by atoms with Crippen molar-refractivity contribution in [2.45, 2.75) is 26.4 Å². The molecule has 1 heterocycles. The molecule has 10 heteroatoms. The second-order valence-corrected chi connectivity index (χ2v) is 6.95. The van der Waals surface area contributed by atoms with E-state index in [0.717, 1.165) is 5.56 Å². The molecule has 2 aromatic carbocycles. The molecule has 0 fully saturated rings. The van der Waals surface area contributed by atoms with Gasteiger partial charge in [0, 0.05) is 30.2 Å². The van der Waals surface area contributed by atoms with Gasteiger partial charge in [-0.3, -0.25) is 4.79 Å². The Morgan fingerprint density at radius 3 is 2.53 bits per heavy atom. The van der Waals surface area contributed by atoms with E-state index in [0.29, 0.717) is 28.8 Å². The molecular formula is C22H19F3N6O. The van der Waals surface area contributed by atoms with E-state index >= 15 is 0 Å². The minimum absolute atomic E-state index is 0.0413. The van der Waals surface area contributed by atoms with E-state index < -0.39 is 17.6 Å². The van der Waals surface area contributed by atoms with Crippen LogP contribution >= 0.6 is 0 Å². The number of nitrogens with zero attached hydrogens (tertiary/aromatic N) is 3. The van der Waals surface area contributed by atoms with Gasteiger partial charge in [-0.15, -0.1) is 0 Å². The lowest BCUT2D eigenvalue weighted by Crippen LogP contribution is -2.13. The van der Waals surface area contributed by atoms with Gasteiger partial charge in [-0.2, -0.15) is 23.4 Å². The molecule has 0 atom stereocenters. The molecule has 0 spiro atoms. The van der Waals surface area contributed by atoms with Crippen molar-refractivity contribution in [3.05, 3.63) is 65.4 Å². The Bertz CT molecular complexity index is 1190. The van der Waals surface area contributed by atoms with Gasteiger partial charge in [0.05, 0.1) is 12.5 Å². The highest BCUT2D eigenvalue weighted by Gasteiger charge is 2.35. The van der Waals surface area contributed by atoms with Gasteiger partial charge in [0.15, 0.2) is 0 Å². The Hall–Kier alpha value is -4.13. The van der Waals surface area contributed by atoms with E-state index in [9.17, 15) is 18.0 Å². The van der Waals surface area contributed by atoms with Crippen LogP contribution in [0.2, 0.25) is 0 Å². The van der Waals surface area contributed by atoms with E-state index in [1.807, 2.05) is 6.07 Å². The Labute approximate surface area is 182 Å². The molecule has 1 amide bonds. The van der Waals surface area contributed by atoms with Crippen LogP contribution in [-0.2, 0) is 17.4 Å². The molecule has 0 saturated heterocycles. The van der Waals surface area contributed by atoms with Crippen molar-refractivity contribution in [3.8, 4) is 6.07 Å². The highest BCUT2D eigenvalue weighted by atomic mass is 19.4. The van der Waals surface area contributed by atoms with Crippen LogP contribution in [0.25, 0.3) is 0 Å². The number of carbonyl (C=O) groups excluding carboxylic acids is 1. The highest BCUT2D eigenvalue weighted by molar-refractivity contribution is 5.89. The van der Waals surface area contributed by atoms with Crippen LogP contribution in [0.1, 0.15) is 23.6 Å². The molecule has 0 unspecified atom stereocenters. The van der Waals surface area contributed by atoms with Crippen LogP contribution in [-0.4, -0.2) is 15.9 Å². The summed E-state index contributed by atoms with van der Waals surface area (Å²) in [7, 11) is 0. The van der Waals surface area contributed by atoms with Crippen molar-refractivity contribution in [2.24, 2.45) is 0 Å². The third-order valence-electron chi connectivity index (χ3n) is 4.36. The predicted octanol–water partition coefficient (Wildman–Crippen LogP) is 5.32. The summed E-state index contributed by atoms with van der Waals surface area (Å²) in [5, 5.41) is 17.1. The number of hydrogen-bond donors (Lipinski definition) is 3. The van der Waals surface area contributed by atoms with E-state index in [2.05, 4.69) is 25.9 Å². The Kier molecular flexibility index (Phi) is 6.59. The first kappa shape index (κ1) is 22.6. The van der Waals surface area contributed by atoms with Gasteiger partial charge < -0.3 is 16.0 Å². The van der Waals surface area contributed by atoms with E-state index in [1.54, 1.807) is 49.4 Å². The summed E-state index contributed by atoms with van der Waals surface area (Å²) < 4.78 is 40.5. The summed E-state index contributed by atoms with van der Waals surface area (Å²) in [6.07, 6.45) is -3.83. The number of anilines is 5. The van der Waals surface area contributed by atoms with Crippen LogP contribution < -0.4 is 16.0 Å². The fourth-order valence-corrected chi connectivity index (χ4v) is 2.93. The standard InChI is InChI=1S/C22H19F3N6O/c1-13-10-17(6-7-19(13)28-14(2)32)30-21-27-12-18(22(23,24)25)20(31-21)29-16-5-3-4-15(11-16)8-9-26/h3-7,10-12H,8H2,1-2H3,(H,28,32)(H2,27,29,30,31). The summed E-state index contributed by atoms with van der Waals surface area (Å²) in [4.78, 5) is 19.1. The topological polar surface area (TPSA) is 103 Å². The van der Waals surface area contributed by atoms with Crippen molar-refractivity contribution in [1.29, 1.82) is 5.26 Å². The molecule has 32 heavy (non-hydrogen) atoms. The van der Waals surface area contributed by atoms with E-state index in [1.165, 1.54) is 6.92 Å². The van der Waals surface area contributed by atoms with Crippen molar-refractivity contribution in [1.82, 2.24) is 9.97 Å². The molecule has 3 N–H and O–H groups in total. The van der Waals surface area contributed by atoms with Gasteiger partial charge in [0.1, 0.15) is 11.4 Å². The first-order chi connectivity index (χ1) is 15.2. The molecular weight excluding hydrogens is 421 g/mol. The van der Waals surface area contributed by atoms with Gasteiger partial charge >= 0.3 is 6.18 Å². The number of alkyl halides is 3. The summed E-state index contributed by atoms with van der Waals surface area (Å²) >= 11 is 0. The first-order valence-corrected chi connectivity index (χ1v) is 9.48. The lowest BCUT2D eigenvalue weighted by Gasteiger charge is -2.15. The number of nitrogens with one attached hydrogen (secondary N) is 3. The minimum atomic E-state index is -4.66. The van der Waals surface area contributed by atoms with Crippen LogP contribution in [0.4, 0.5) is 42.0 Å². The minimum Gasteiger partial charge on any atom is -0.340 e. The molecule has 0 aliphatic carbocycles. The summed E-state index contributed by atoms with van der Waals surface area (Å²) in [5.41, 5.74) is 1.92. The fourth-order valence-electron chi connectivity index (χ4n) is 2.93. The molecule has 0 aliphatic rings. The lowest BCUT2D eigenvalue weighted by molar-refractivity contribution is -0.137. The molecule has 0 bridgehead atoms. The molecule has 0 aliphatic heterocycles. The van der Waals surface area contributed by atoms with E-state index in [-0.39, 0.29) is 18.3 Å². The molecule has 0 radical (unpaired) electrons. The highest BCUT2D eigenvalue weighted by Crippen LogP contribution is 2.35. The zero-order valence-corrected chi connectivity index (χ0v) is 17.2. The molecule has 3 aromatic rings. The van der Waals surface area contributed by atoms with Gasteiger partial charge in [0.2, 0.25) is 11.9 Å². The smallest absolute Gasteiger partial charge is 0.340 e. The molecule has 1 aromatic heterocycles. The average Bonchev–Trinajstić information content (AvgIpc) is 2.70. The van der Waals surface area contributed by atoms with Crippen molar-refractivity contribution >= 4 is 34.7 Å². The number of amides is 1. The summed E-state index contributed by atoms with van der Waals surface area (Å²) in [6, 6.07) is 13.6. The van der Waals surface area contributed by atoms with Gasteiger partial charge in [-0.25, -0.2) is 4.98 Å². The number of hydrogen-bond acceptors (Lipinski definition) is 6. The third kappa shape index (κ3) is 5.72. The second-order valence-electron chi connectivity index (χ2n) is 6.95. The number of nitriles is 1. The van der Waals surface area contributed by atoms with Crippen LogP contribution in [0.3, 0.4) is 0 Å². The maximum atomic E-state index is 13.5. The first-order valence-electron chi connectivity index (χ1n) is 9.48. The molecule has 0 saturated carbocycles. The molecule has 164 valence electrons. The van der Waals surface area contributed by atoms with Crippen LogP contribution in [0.15, 0.2) is 48.7 Å². The Morgan fingerprint density at radius 2 is 1.88 bits per heavy atom. The number of benzene rings is 2. The number of aromatic nitrogens is 2. The zero-order valence-electron chi connectivity index (χ0n) is 17.2. The Balaban J connectivity index is 1.91. The van der Waals surface area contributed by atoms with Gasteiger partial charge in [-0.1, -0.05) is 12.1 Å². The van der Waals surface area contributed by atoms with E-state index in [4.69, 9.17) is 5.26 Å². The average molecular weight is 440 g/mol. The lowest BCUT2D eigenvalue weighted by atomic mass is 10.1. The predicted molar refractivity (Wildman–Crippen MR) is 115 cm³/mol. The number of carbonyl (C=O) groups is 1. The number of rotatable bonds is 6. The quantitative estimate of drug-likeness (QED) is 0.480. The summed E-state index contributed by atoms with van der Waals surface area (Å²) in [5.74, 6) is -0.675. The molecule has 7 nitrogen and oxygen atoms in total. The molecule has 3 rings (SSSR count). The summed E-state index contributed by atoms with van der Waals surface area (Å²) in [6.45, 7) is 3.18. The SMILES string of the molecule is CC(=O)Nc1ccc(Nc2ncc(C(F)(F)F)c(Nc3cccc(CC#N)c3)n2)cc1C. The van der Waals surface area contributed by atoms with Crippen LogP contribution in [0, 0.1) is 18.3 Å². The maximum absolute atomic E-state index is 13.5. The van der Waals surface area contributed by atoms with Crippen LogP contribution in [0.5, 0.6) is 0 Å². The van der Waals surface area contributed by atoms with Gasteiger partial charge in [0.25, 0.3) is 0 Å². The third-order valence-corrected chi connectivity index (χ3v) is 4.36. The van der Waals surface area contributed by atoms with Gasteiger partial charge in [-0.05, 0) is 48.4 Å². The largest absolute Gasteiger partial charge is 0.421 e. The van der Waals surface area contributed by atoms with Crippen molar-refractivity contribution in [2.75, 3.05) is 16.0 Å². The van der Waals surface area contributed by atoms with Crippen molar-refractivity contribution in [3.63, 3.8) is 0 Å². The monoisotopic (exact) mass is 440 g/mol. The fraction of sp³-hybridized carbons (Fsp3) is 0.182. The maximum Gasteiger partial charge on any atom is 0.421 e. The zero-order chi connectivity index (χ0) is 23.3.